The molecule has 1 saturated heterocycles. The summed E-state index contributed by atoms with van der Waals surface area (Å²) in [7, 11) is -3.55. The van der Waals surface area contributed by atoms with E-state index in [2.05, 4.69) is 14.3 Å². The molecule has 1 unspecified atom stereocenters. The number of benzene rings is 1. The molecule has 9 heteroatoms. The van der Waals surface area contributed by atoms with Crippen molar-refractivity contribution < 1.29 is 22.6 Å². The molecule has 0 spiro atoms. The number of nitrogens with zero attached hydrogens (tertiary/aromatic N) is 1. The SMILES string of the molecule is CC(C)NS(=O)(=O)NCC(c1ccc2c(c1)OCO2)N1CCOCC1. The van der Waals surface area contributed by atoms with E-state index in [9.17, 15) is 8.42 Å². The Bertz CT molecular complexity index is 689. The van der Waals surface area contributed by atoms with Crippen molar-refractivity contribution in [3.05, 3.63) is 23.8 Å². The highest BCUT2D eigenvalue weighted by Gasteiger charge is 2.26. The van der Waals surface area contributed by atoms with Gasteiger partial charge in [0.05, 0.1) is 13.2 Å². The van der Waals surface area contributed by atoms with Crippen LogP contribution in [0.5, 0.6) is 11.5 Å². The lowest BCUT2D eigenvalue weighted by molar-refractivity contribution is 0.0171. The van der Waals surface area contributed by atoms with E-state index in [1.807, 2.05) is 18.2 Å². The lowest BCUT2D eigenvalue weighted by Crippen LogP contribution is -2.47. The van der Waals surface area contributed by atoms with Gasteiger partial charge in [0.25, 0.3) is 10.2 Å². The summed E-state index contributed by atoms with van der Waals surface area (Å²) in [6.45, 7) is 6.83. The molecule has 0 saturated carbocycles. The van der Waals surface area contributed by atoms with E-state index in [1.165, 1.54) is 0 Å². The molecule has 8 nitrogen and oxygen atoms in total. The van der Waals surface area contributed by atoms with Gasteiger partial charge in [-0.25, -0.2) is 4.72 Å². The largest absolute Gasteiger partial charge is 0.454 e. The molecule has 3 rings (SSSR count). The fourth-order valence-electron chi connectivity index (χ4n) is 3.01. The first-order valence-corrected chi connectivity index (χ1v) is 9.91. The minimum Gasteiger partial charge on any atom is -0.454 e. The zero-order chi connectivity index (χ0) is 17.9. The zero-order valence-corrected chi connectivity index (χ0v) is 15.3. The molecule has 140 valence electrons. The van der Waals surface area contributed by atoms with Crippen LogP contribution >= 0.6 is 0 Å². The monoisotopic (exact) mass is 371 g/mol. The normalized spacial score (nSPS) is 19.3. The van der Waals surface area contributed by atoms with E-state index in [0.717, 1.165) is 18.7 Å². The van der Waals surface area contributed by atoms with Gasteiger partial charge in [0, 0.05) is 31.7 Å². The molecule has 1 aromatic carbocycles. The van der Waals surface area contributed by atoms with Crippen LogP contribution in [0.3, 0.4) is 0 Å². The second-order valence-corrected chi connectivity index (χ2v) is 7.93. The molecule has 1 aromatic rings. The second-order valence-electron chi connectivity index (χ2n) is 6.40. The average molecular weight is 371 g/mol. The Balaban J connectivity index is 1.78. The van der Waals surface area contributed by atoms with E-state index < -0.39 is 10.2 Å². The Morgan fingerprint density at radius 1 is 1.16 bits per heavy atom. The summed E-state index contributed by atoms with van der Waals surface area (Å²) in [4.78, 5) is 2.22. The maximum atomic E-state index is 12.1. The molecular formula is C16H25N3O5S. The Morgan fingerprint density at radius 2 is 1.88 bits per heavy atom. The van der Waals surface area contributed by atoms with Gasteiger partial charge in [-0.15, -0.1) is 0 Å². The summed E-state index contributed by atoms with van der Waals surface area (Å²) < 4.78 is 45.7. The lowest BCUT2D eigenvalue weighted by atomic mass is 10.0. The Morgan fingerprint density at radius 3 is 2.60 bits per heavy atom. The second kappa shape index (κ2) is 7.88. The summed E-state index contributed by atoms with van der Waals surface area (Å²) in [6.07, 6.45) is 0. The number of ether oxygens (including phenoxy) is 3. The van der Waals surface area contributed by atoms with Gasteiger partial charge in [-0.1, -0.05) is 6.07 Å². The molecule has 1 fully saturated rings. The molecule has 0 amide bonds. The maximum absolute atomic E-state index is 12.1. The molecule has 25 heavy (non-hydrogen) atoms. The molecule has 0 bridgehead atoms. The topological polar surface area (TPSA) is 89.1 Å². The molecule has 0 aliphatic carbocycles. The fourth-order valence-corrected chi connectivity index (χ4v) is 4.09. The molecule has 0 aromatic heterocycles. The van der Waals surface area contributed by atoms with Crippen LogP contribution in [0, 0.1) is 0 Å². The van der Waals surface area contributed by atoms with Crippen LogP contribution in [0.4, 0.5) is 0 Å². The third kappa shape index (κ3) is 4.83. The minimum absolute atomic E-state index is 0.109. The van der Waals surface area contributed by atoms with Crippen LogP contribution < -0.4 is 18.9 Å². The van der Waals surface area contributed by atoms with Crippen LogP contribution in [0.25, 0.3) is 0 Å². The van der Waals surface area contributed by atoms with E-state index in [1.54, 1.807) is 13.8 Å². The smallest absolute Gasteiger partial charge is 0.277 e. The first-order chi connectivity index (χ1) is 11.9. The van der Waals surface area contributed by atoms with E-state index in [4.69, 9.17) is 14.2 Å². The highest BCUT2D eigenvalue weighted by atomic mass is 32.2. The Hall–Kier alpha value is -1.39. The van der Waals surface area contributed by atoms with Crippen molar-refractivity contribution in [1.82, 2.24) is 14.3 Å². The van der Waals surface area contributed by atoms with Gasteiger partial charge in [0.1, 0.15) is 0 Å². The van der Waals surface area contributed by atoms with Crippen molar-refractivity contribution in [3.8, 4) is 11.5 Å². The summed E-state index contributed by atoms with van der Waals surface area (Å²) in [5.41, 5.74) is 0.985. The van der Waals surface area contributed by atoms with Gasteiger partial charge in [-0.05, 0) is 31.5 Å². The first-order valence-electron chi connectivity index (χ1n) is 8.43. The third-order valence-corrected chi connectivity index (χ3v) is 5.45. The van der Waals surface area contributed by atoms with Gasteiger partial charge in [-0.2, -0.15) is 13.1 Å². The third-order valence-electron chi connectivity index (χ3n) is 4.13. The zero-order valence-electron chi connectivity index (χ0n) is 14.5. The van der Waals surface area contributed by atoms with Gasteiger partial charge in [0.15, 0.2) is 11.5 Å². The Kier molecular flexibility index (Phi) is 5.80. The number of morpholine rings is 1. The van der Waals surface area contributed by atoms with Crippen LogP contribution in [0.1, 0.15) is 25.5 Å². The number of rotatable bonds is 7. The van der Waals surface area contributed by atoms with Gasteiger partial charge < -0.3 is 14.2 Å². The van der Waals surface area contributed by atoms with Gasteiger partial charge >= 0.3 is 0 Å². The first kappa shape index (κ1) is 18.4. The number of hydrogen-bond donors (Lipinski definition) is 2. The van der Waals surface area contributed by atoms with Crippen molar-refractivity contribution in [1.29, 1.82) is 0 Å². The van der Waals surface area contributed by atoms with Gasteiger partial charge in [-0.3, -0.25) is 4.90 Å². The van der Waals surface area contributed by atoms with Crippen molar-refractivity contribution in [3.63, 3.8) is 0 Å². The van der Waals surface area contributed by atoms with E-state index in [-0.39, 0.29) is 25.4 Å². The van der Waals surface area contributed by atoms with Crippen LogP contribution in [-0.2, 0) is 14.9 Å². The molecular weight excluding hydrogens is 346 g/mol. The molecule has 2 aliphatic rings. The molecule has 2 aliphatic heterocycles. The number of hydrogen-bond acceptors (Lipinski definition) is 6. The standard InChI is InChI=1S/C16H25N3O5S/c1-12(2)18-25(20,21)17-10-14(19-5-7-22-8-6-19)13-3-4-15-16(9-13)24-11-23-15/h3-4,9,12,14,17-18H,5-8,10-11H2,1-2H3. The average Bonchev–Trinajstić information content (AvgIpc) is 3.02. The molecule has 1 atom stereocenters. The van der Waals surface area contributed by atoms with Crippen LogP contribution in [-0.4, -0.2) is 59.0 Å². The van der Waals surface area contributed by atoms with Crippen molar-refractivity contribution in [2.75, 3.05) is 39.6 Å². The molecule has 2 heterocycles. The summed E-state index contributed by atoms with van der Waals surface area (Å²) >= 11 is 0. The molecule has 0 radical (unpaired) electrons. The minimum atomic E-state index is -3.55. The van der Waals surface area contributed by atoms with Crippen LogP contribution in [0.2, 0.25) is 0 Å². The van der Waals surface area contributed by atoms with Crippen LogP contribution in [0.15, 0.2) is 18.2 Å². The number of fused-ring (bicyclic) bond motifs is 1. The highest BCUT2D eigenvalue weighted by molar-refractivity contribution is 7.87. The summed E-state index contributed by atoms with van der Waals surface area (Å²) in [6, 6.07) is 5.48. The van der Waals surface area contributed by atoms with Crippen molar-refractivity contribution >= 4 is 10.2 Å². The van der Waals surface area contributed by atoms with Gasteiger partial charge in [0.2, 0.25) is 6.79 Å². The summed E-state index contributed by atoms with van der Waals surface area (Å²) in [5.74, 6) is 1.41. The van der Waals surface area contributed by atoms with Crippen molar-refractivity contribution in [2.45, 2.75) is 25.9 Å². The highest BCUT2D eigenvalue weighted by Crippen LogP contribution is 2.35. The predicted molar refractivity (Wildman–Crippen MR) is 92.9 cm³/mol. The fraction of sp³-hybridized carbons (Fsp3) is 0.625. The van der Waals surface area contributed by atoms with E-state index in [0.29, 0.717) is 24.7 Å². The van der Waals surface area contributed by atoms with E-state index >= 15 is 0 Å². The van der Waals surface area contributed by atoms with Crippen molar-refractivity contribution in [2.24, 2.45) is 0 Å². The summed E-state index contributed by atoms with van der Waals surface area (Å²) in [5, 5.41) is 0. The maximum Gasteiger partial charge on any atom is 0.277 e. The number of nitrogens with one attached hydrogen (secondary N) is 2. The predicted octanol–water partition coefficient (Wildman–Crippen LogP) is 0.621. The quantitative estimate of drug-likeness (QED) is 0.731. The molecule has 2 N–H and O–H groups in total. The Labute approximate surface area is 148 Å². The lowest BCUT2D eigenvalue weighted by Gasteiger charge is -2.35.